The molecular weight excluding hydrogens is 116 g/mol. The fourth-order valence-electron chi connectivity index (χ4n) is 0.644. The largest absolute Gasteiger partial charge is 0.341 e. The van der Waals surface area contributed by atoms with E-state index in [4.69, 9.17) is 5.73 Å². The Balaban J connectivity index is 3.26. The second-order valence-corrected chi connectivity index (χ2v) is 2.10. The van der Waals surface area contributed by atoms with Crippen molar-refractivity contribution in [3.63, 3.8) is 0 Å². The maximum absolute atomic E-state index is 10.3. The van der Waals surface area contributed by atoms with Gasteiger partial charge in [0.05, 0.1) is 6.17 Å². The predicted octanol–water partition coefficient (Wildman–Crippen LogP) is 0.207. The Bertz CT molecular complexity index is 93.1. The highest BCUT2D eigenvalue weighted by atomic mass is 16.1. The van der Waals surface area contributed by atoms with Gasteiger partial charge in [-0.3, -0.25) is 4.79 Å². The maximum Gasteiger partial charge on any atom is 0.218 e. The van der Waals surface area contributed by atoms with Gasteiger partial charge in [-0.2, -0.15) is 0 Å². The summed E-state index contributed by atoms with van der Waals surface area (Å²) in [6.45, 7) is 3.50. The fourth-order valence-corrected chi connectivity index (χ4v) is 0.644. The van der Waals surface area contributed by atoms with E-state index in [1.807, 2.05) is 6.92 Å². The highest BCUT2D eigenvalue weighted by Gasteiger charge is 1.99. The van der Waals surface area contributed by atoms with Crippen molar-refractivity contribution in [2.45, 2.75) is 32.9 Å². The van der Waals surface area contributed by atoms with Crippen LogP contribution in [0.1, 0.15) is 26.7 Å². The highest BCUT2D eigenvalue weighted by molar-refractivity contribution is 5.73. The minimum Gasteiger partial charge on any atom is -0.341 e. The Morgan fingerprint density at radius 2 is 2.33 bits per heavy atom. The molecule has 0 radical (unpaired) electrons. The number of carbonyl (C=O) groups is 1. The van der Waals surface area contributed by atoms with E-state index in [1.165, 1.54) is 6.92 Å². The van der Waals surface area contributed by atoms with Crippen molar-refractivity contribution in [1.82, 2.24) is 5.32 Å². The van der Waals surface area contributed by atoms with Gasteiger partial charge in [-0.25, -0.2) is 0 Å². The van der Waals surface area contributed by atoms with Crippen molar-refractivity contribution in [2.24, 2.45) is 5.73 Å². The van der Waals surface area contributed by atoms with Gasteiger partial charge < -0.3 is 11.1 Å². The molecule has 0 aromatic heterocycles. The fraction of sp³-hybridized carbons (Fsp3) is 0.833. The van der Waals surface area contributed by atoms with Crippen LogP contribution in [-0.2, 0) is 4.79 Å². The monoisotopic (exact) mass is 130 g/mol. The number of nitrogens with one attached hydrogen (secondary N) is 1. The van der Waals surface area contributed by atoms with E-state index in [0.717, 1.165) is 12.8 Å². The van der Waals surface area contributed by atoms with Crippen LogP contribution >= 0.6 is 0 Å². The van der Waals surface area contributed by atoms with Gasteiger partial charge in [-0.1, -0.05) is 13.3 Å². The summed E-state index contributed by atoms with van der Waals surface area (Å²) in [5.41, 5.74) is 5.45. The van der Waals surface area contributed by atoms with Crippen LogP contribution in [0.4, 0.5) is 0 Å². The molecule has 0 aromatic rings. The standard InChI is InChI=1S/C6H14N2O/c1-3-4-6(7)8-5(2)9/h6H,3-4,7H2,1-2H3,(H,8,9). The molecule has 3 nitrogen and oxygen atoms in total. The Labute approximate surface area is 55.6 Å². The normalized spacial score (nSPS) is 12.8. The van der Waals surface area contributed by atoms with Crippen LogP contribution in [0.15, 0.2) is 0 Å². The summed E-state index contributed by atoms with van der Waals surface area (Å²) < 4.78 is 0. The zero-order valence-corrected chi connectivity index (χ0v) is 5.98. The van der Waals surface area contributed by atoms with E-state index in [-0.39, 0.29) is 12.1 Å². The van der Waals surface area contributed by atoms with Crippen LogP contribution in [-0.4, -0.2) is 12.1 Å². The summed E-state index contributed by atoms with van der Waals surface area (Å²) in [5.74, 6) is -0.0593. The molecule has 1 unspecified atom stereocenters. The second kappa shape index (κ2) is 4.32. The quantitative estimate of drug-likeness (QED) is 0.536. The SMILES string of the molecule is CCCC(N)NC(C)=O. The predicted molar refractivity (Wildman–Crippen MR) is 36.7 cm³/mol. The molecular formula is C6H14N2O. The molecule has 0 aromatic carbocycles. The van der Waals surface area contributed by atoms with Crippen LogP contribution in [0, 0.1) is 0 Å². The van der Waals surface area contributed by atoms with E-state index in [0.29, 0.717) is 0 Å². The van der Waals surface area contributed by atoms with Crippen LogP contribution in [0.2, 0.25) is 0 Å². The summed E-state index contributed by atoms with van der Waals surface area (Å²) in [6.07, 6.45) is 1.69. The summed E-state index contributed by atoms with van der Waals surface area (Å²) >= 11 is 0. The van der Waals surface area contributed by atoms with Crippen LogP contribution in [0.25, 0.3) is 0 Å². The van der Waals surface area contributed by atoms with Crippen molar-refractivity contribution >= 4 is 5.91 Å². The Morgan fingerprint density at radius 1 is 1.78 bits per heavy atom. The van der Waals surface area contributed by atoms with Crippen molar-refractivity contribution in [1.29, 1.82) is 0 Å². The second-order valence-electron chi connectivity index (χ2n) is 2.10. The van der Waals surface area contributed by atoms with Gasteiger partial charge in [0, 0.05) is 6.92 Å². The first-order chi connectivity index (χ1) is 4.16. The zero-order chi connectivity index (χ0) is 7.28. The van der Waals surface area contributed by atoms with E-state index in [1.54, 1.807) is 0 Å². The molecule has 0 aliphatic carbocycles. The molecule has 0 spiro atoms. The molecule has 54 valence electrons. The number of rotatable bonds is 3. The molecule has 1 atom stereocenters. The van der Waals surface area contributed by atoms with Gasteiger partial charge in [0.1, 0.15) is 0 Å². The molecule has 0 aliphatic heterocycles. The van der Waals surface area contributed by atoms with Gasteiger partial charge in [0.15, 0.2) is 0 Å². The molecule has 3 heteroatoms. The first-order valence-corrected chi connectivity index (χ1v) is 3.19. The lowest BCUT2D eigenvalue weighted by Crippen LogP contribution is -2.39. The van der Waals surface area contributed by atoms with E-state index >= 15 is 0 Å². The molecule has 0 aliphatic rings. The van der Waals surface area contributed by atoms with Crippen molar-refractivity contribution < 1.29 is 4.79 Å². The average molecular weight is 130 g/mol. The number of nitrogens with two attached hydrogens (primary N) is 1. The van der Waals surface area contributed by atoms with Crippen molar-refractivity contribution in [3.8, 4) is 0 Å². The molecule has 0 rings (SSSR count). The van der Waals surface area contributed by atoms with Gasteiger partial charge in [0.25, 0.3) is 0 Å². The van der Waals surface area contributed by atoms with E-state index in [2.05, 4.69) is 5.32 Å². The lowest BCUT2D eigenvalue weighted by atomic mass is 10.3. The number of amides is 1. The highest BCUT2D eigenvalue weighted by Crippen LogP contribution is 1.87. The first-order valence-electron chi connectivity index (χ1n) is 3.19. The van der Waals surface area contributed by atoms with Crippen molar-refractivity contribution in [3.05, 3.63) is 0 Å². The summed E-state index contributed by atoms with van der Waals surface area (Å²) in [6, 6.07) is 0. The van der Waals surface area contributed by atoms with E-state index < -0.39 is 0 Å². The van der Waals surface area contributed by atoms with Gasteiger partial charge >= 0.3 is 0 Å². The average Bonchev–Trinajstić information content (AvgIpc) is 1.63. The Hall–Kier alpha value is -0.570. The van der Waals surface area contributed by atoms with Crippen LogP contribution in [0.3, 0.4) is 0 Å². The zero-order valence-electron chi connectivity index (χ0n) is 5.98. The molecule has 0 fully saturated rings. The minimum absolute atomic E-state index is 0.0593. The third-order valence-corrected chi connectivity index (χ3v) is 0.988. The van der Waals surface area contributed by atoms with Gasteiger partial charge in [-0.05, 0) is 6.42 Å². The molecule has 0 saturated heterocycles. The molecule has 3 N–H and O–H groups in total. The van der Waals surface area contributed by atoms with Gasteiger partial charge in [0.2, 0.25) is 5.91 Å². The number of hydrogen-bond acceptors (Lipinski definition) is 2. The van der Waals surface area contributed by atoms with E-state index in [9.17, 15) is 4.79 Å². The molecule has 9 heavy (non-hydrogen) atoms. The van der Waals surface area contributed by atoms with Crippen molar-refractivity contribution in [2.75, 3.05) is 0 Å². The van der Waals surface area contributed by atoms with Crippen LogP contribution < -0.4 is 11.1 Å². The Morgan fingerprint density at radius 3 is 2.67 bits per heavy atom. The molecule has 0 bridgehead atoms. The summed E-state index contributed by atoms with van der Waals surface area (Å²) in [5, 5.41) is 2.58. The third kappa shape index (κ3) is 5.30. The third-order valence-electron chi connectivity index (χ3n) is 0.988. The number of carbonyl (C=O) groups excluding carboxylic acids is 1. The maximum atomic E-state index is 10.3. The van der Waals surface area contributed by atoms with Crippen LogP contribution in [0.5, 0.6) is 0 Å². The smallest absolute Gasteiger partial charge is 0.218 e. The lowest BCUT2D eigenvalue weighted by Gasteiger charge is -2.09. The molecule has 1 amide bonds. The summed E-state index contributed by atoms with van der Waals surface area (Å²) in [4.78, 5) is 10.3. The number of hydrogen-bond donors (Lipinski definition) is 2. The van der Waals surface area contributed by atoms with Gasteiger partial charge in [-0.15, -0.1) is 0 Å². The Kier molecular flexibility index (Phi) is 4.05. The summed E-state index contributed by atoms with van der Waals surface area (Å²) in [7, 11) is 0. The topological polar surface area (TPSA) is 55.1 Å². The first kappa shape index (κ1) is 8.43. The minimum atomic E-state index is -0.160. The lowest BCUT2D eigenvalue weighted by molar-refractivity contribution is -0.119. The molecule has 0 saturated carbocycles. The molecule has 0 heterocycles.